The zero-order chi connectivity index (χ0) is 14.3. The van der Waals surface area contributed by atoms with Crippen LogP contribution in [0.5, 0.6) is 0 Å². The summed E-state index contributed by atoms with van der Waals surface area (Å²) in [6.07, 6.45) is 1.95. The molecule has 3 nitrogen and oxygen atoms in total. The highest BCUT2D eigenvalue weighted by atomic mass is 19.4. The minimum absolute atomic E-state index is 0.713. The van der Waals surface area contributed by atoms with Crippen molar-refractivity contribution in [1.29, 1.82) is 0 Å². The molecule has 0 saturated carbocycles. The molecule has 0 aliphatic carbocycles. The van der Waals surface area contributed by atoms with Gasteiger partial charge in [0.1, 0.15) is 6.04 Å². The van der Waals surface area contributed by atoms with Gasteiger partial charge in [-0.15, -0.1) is 0 Å². The average Bonchev–Trinajstić information content (AvgIpc) is 2.20. The van der Waals surface area contributed by atoms with E-state index >= 15 is 0 Å². The van der Waals surface area contributed by atoms with Crippen LogP contribution in [0.25, 0.3) is 0 Å². The molecule has 18 heavy (non-hydrogen) atoms. The van der Waals surface area contributed by atoms with Gasteiger partial charge in [0.25, 0.3) is 0 Å². The predicted molar refractivity (Wildman–Crippen MR) is 63.2 cm³/mol. The summed E-state index contributed by atoms with van der Waals surface area (Å²) in [5.74, 6) is -1.02. The van der Waals surface area contributed by atoms with E-state index in [4.69, 9.17) is 5.11 Å². The summed E-state index contributed by atoms with van der Waals surface area (Å²) >= 11 is 0. The van der Waals surface area contributed by atoms with Gasteiger partial charge in [0.2, 0.25) is 0 Å². The van der Waals surface area contributed by atoms with Crippen molar-refractivity contribution in [2.24, 2.45) is 0 Å². The van der Waals surface area contributed by atoms with Crippen LogP contribution in [0.3, 0.4) is 0 Å². The normalized spacial score (nSPS) is 15.8. The highest BCUT2D eigenvalue weighted by Gasteiger charge is 2.29. The molecule has 0 fully saturated rings. The third-order valence-electron chi connectivity index (χ3n) is 2.12. The molecule has 0 aliphatic heterocycles. The Bertz CT molecular complexity index is 368. The molecule has 0 bridgehead atoms. The fourth-order valence-electron chi connectivity index (χ4n) is 1.00. The van der Waals surface area contributed by atoms with Crippen LogP contribution in [0.15, 0.2) is 36.0 Å². The number of halogens is 3. The van der Waals surface area contributed by atoms with Crippen molar-refractivity contribution >= 4 is 5.97 Å². The van der Waals surface area contributed by atoms with Gasteiger partial charge < -0.3 is 5.11 Å². The van der Waals surface area contributed by atoms with Crippen molar-refractivity contribution < 1.29 is 23.1 Å². The second-order valence-corrected chi connectivity index (χ2v) is 3.86. The minimum Gasteiger partial charge on any atom is -0.480 e. The molecular formula is C12H16F3NO2. The van der Waals surface area contributed by atoms with Gasteiger partial charge >= 0.3 is 12.1 Å². The maximum Gasteiger partial charge on any atom is 0.412 e. The van der Waals surface area contributed by atoms with Crippen molar-refractivity contribution in [3.05, 3.63) is 36.0 Å². The minimum atomic E-state index is -4.33. The zero-order valence-electron chi connectivity index (χ0n) is 10.4. The van der Waals surface area contributed by atoms with Crippen LogP contribution in [0, 0.1) is 0 Å². The van der Waals surface area contributed by atoms with Gasteiger partial charge in [0.15, 0.2) is 0 Å². The van der Waals surface area contributed by atoms with Crippen LogP contribution in [0.2, 0.25) is 0 Å². The molecule has 6 heteroatoms. The van der Waals surface area contributed by atoms with E-state index in [2.05, 4.69) is 0 Å². The lowest BCUT2D eigenvalue weighted by Gasteiger charge is -2.15. The first-order valence-electron chi connectivity index (χ1n) is 5.14. The highest BCUT2D eigenvalue weighted by Crippen LogP contribution is 2.24. The Morgan fingerprint density at radius 3 is 2.17 bits per heavy atom. The molecular weight excluding hydrogens is 247 g/mol. The molecule has 102 valence electrons. The Morgan fingerprint density at radius 2 is 1.78 bits per heavy atom. The third kappa shape index (κ3) is 6.24. The topological polar surface area (TPSA) is 40.5 Å². The van der Waals surface area contributed by atoms with Crippen molar-refractivity contribution in [3.63, 3.8) is 0 Å². The molecule has 0 rings (SSSR count). The van der Waals surface area contributed by atoms with E-state index in [0.717, 1.165) is 13.0 Å². The van der Waals surface area contributed by atoms with Crippen LogP contribution < -0.4 is 0 Å². The highest BCUT2D eigenvalue weighted by molar-refractivity contribution is 5.75. The Balaban J connectivity index is 4.53. The van der Waals surface area contributed by atoms with Crippen LogP contribution in [-0.4, -0.2) is 42.3 Å². The van der Waals surface area contributed by atoms with Crippen molar-refractivity contribution in [3.8, 4) is 0 Å². The van der Waals surface area contributed by atoms with Crippen molar-refractivity contribution in [2.45, 2.75) is 19.1 Å². The van der Waals surface area contributed by atoms with Crippen LogP contribution in [0.4, 0.5) is 13.2 Å². The molecule has 0 heterocycles. The molecule has 1 atom stereocenters. The lowest BCUT2D eigenvalue weighted by atomic mass is 10.2. The van der Waals surface area contributed by atoms with Crippen LogP contribution in [0.1, 0.15) is 6.92 Å². The van der Waals surface area contributed by atoms with Gasteiger partial charge in [-0.1, -0.05) is 30.4 Å². The molecule has 0 spiro atoms. The average molecular weight is 263 g/mol. The van der Waals surface area contributed by atoms with E-state index in [1.807, 2.05) is 0 Å². The Morgan fingerprint density at radius 1 is 1.22 bits per heavy atom. The molecule has 0 aromatic heterocycles. The first-order valence-corrected chi connectivity index (χ1v) is 5.14. The first-order chi connectivity index (χ1) is 8.16. The number of hydrogen-bond acceptors (Lipinski definition) is 2. The van der Waals surface area contributed by atoms with E-state index in [0.29, 0.717) is 0 Å². The predicted octanol–water partition coefficient (Wildman–Crippen LogP) is 2.62. The summed E-state index contributed by atoms with van der Waals surface area (Å²) in [5.41, 5.74) is -0.713. The largest absolute Gasteiger partial charge is 0.480 e. The summed E-state index contributed by atoms with van der Waals surface area (Å²) < 4.78 is 36.3. The zero-order valence-corrected chi connectivity index (χ0v) is 10.4. The Hall–Kier alpha value is -1.56. The monoisotopic (exact) mass is 263 g/mol. The van der Waals surface area contributed by atoms with Crippen molar-refractivity contribution in [1.82, 2.24) is 4.90 Å². The molecule has 0 radical (unpaired) electrons. The lowest BCUT2D eigenvalue weighted by Crippen LogP contribution is -2.33. The summed E-state index contributed by atoms with van der Waals surface area (Å²) in [7, 11) is 3.20. The number of carbonyl (C=O) groups is 1. The second-order valence-electron chi connectivity index (χ2n) is 3.86. The SMILES string of the molecule is CC(=CC=CC=CC(C(=O)O)N(C)C)C(F)(F)F. The molecule has 0 aromatic rings. The van der Waals surface area contributed by atoms with Crippen LogP contribution in [-0.2, 0) is 4.79 Å². The maximum atomic E-state index is 12.1. The summed E-state index contributed by atoms with van der Waals surface area (Å²) in [6, 6.07) is -0.803. The standard InChI is InChI=1S/C12H16F3NO2/c1-9(12(13,14)15)7-5-4-6-8-10(11(17)18)16(2)3/h4-8,10H,1-3H3,(H,17,18). The number of alkyl halides is 3. The lowest BCUT2D eigenvalue weighted by molar-refractivity contribution is -0.140. The van der Waals surface area contributed by atoms with Gasteiger partial charge in [-0.05, 0) is 21.0 Å². The number of rotatable bonds is 5. The number of carboxylic acid groups (broad SMARTS) is 1. The molecule has 1 unspecified atom stereocenters. The number of hydrogen-bond donors (Lipinski definition) is 1. The van der Waals surface area contributed by atoms with Gasteiger partial charge in [-0.25, -0.2) is 0 Å². The fourth-order valence-corrected chi connectivity index (χ4v) is 1.00. The smallest absolute Gasteiger partial charge is 0.412 e. The van der Waals surface area contributed by atoms with Crippen LogP contribution >= 0.6 is 0 Å². The molecule has 0 saturated heterocycles. The number of allylic oxidation sites excluding steroid dienone is 5. The number of carboxylic acids is 1. The molecule has 1 N–H and O–H groups in total. The Labute approximate surface area is 104 Å². The van der Waals surface area contributed by atoms with Gasteiger partial charge in [-0.3, -0.25) is 9.69 Å². The van der Waals surface area contributed by atoms with E-state index in [-0.39, 0.29) is 0 Å². The third-order valence-corrected chi connectivity index (χ3v) is 2.12. The maximum absolute atomic E-state index is 12.1. The Kier molecular flexibility index (Phi) is 6.40. The first kappa shape index (κ1) is 16.4. The van der Waals surface area contributed by atoms with Gasteiger partial charge in [0, 0.05) is 5.57 Å². The summed E-state index contributed by atoms with van der Waals surface area (Å²) in [5, 5.41) is 8.82. The van der Waals surface area contributed by atoms with E-state index in [1.54, 1.807) is 14.1 Å². The van der Waals surface area contributed by atoms with Gasteiger partial charge in [0.05, 0.1) is 0 Å². The summed E-state index contributed by atoms with van der Waals surface area (Å²) in [6.45, 7) is 0.966. The molecule has 0 aliphatic rings. The van der Waals surface area contributed by atoms with E-state index < -0.39 is 23.8 Å². The number of likely N-dealkylation sites (N-methyl/N-ethyl adjacent to an activating group) is 1. The quantitative estimate of drug-likeness (QED) is 0.775. The van der Waals surface area contributed by atoms with Gasteiger partial charge in [-0.2, -0.15) is 13.2 Å². The van der Waals surface area contributed by atoms with Crippen molar-refractivity contribution in [2.75, 3.05) is 14.1 Å². The number of aliphatic carboxylic acids is 1. The fraction of sp³-hybridized carbons (Fsp3) is 0.417. The number of nitrogens with zero attached hydrogens (tertiary/aromatic N) is 1. The second kappa shape index (κ2) is 7.00. The molecule has 0 aromatic carbocycles. The van der Waals surface area contributed by atoms with E-state index in [9.17, 15) is 18.0 Å². The molecule has 0 amide bonds. The summed E-state index contributed by atoms with van der Waals surface area (Å²) in [4.78, 5) is 12.2. The van der Waals surface area contributed by atoms with E-state index in [1.165, 1.54) is 29.2 Å².